The van der Waals surface area contributed by atoms with Gasteiger partial charge in [-0.3, -0.25) is 9.59 Å². The highest BCUT2D eigenvalue weighted by Gasteiger charge is 2.14. The average Bonchev–Trinajstić information content (AvgIpc) is 2.75. The highest BCUT2D eigenvalue weighted by atomic mass is 16.5. The Hall–Kier alpha value is -3.60. The minimum atomic E-state index is -0.256. The standard InChI is InChI=1S/C24H24N2O3/c1-3-29-22-12-8-7-11-21(22)25-23(27)19-13-15-20(16-14-19)24(28)26(2)17-18-9-5-4-6-10-18/h4-16H,3,17H2,1-2H3,(H,25,27). The van der Waals surface area contributed by atoms with Crippen molar-refractivity contribution in [2.45, 2.75) is 13.5 Å². The van der Waals surface area contributed by atoms with Crippen LogP contribution in [0.1, 0.15) is 33.2 Å². The van der Waals surface area contributed by atoms with Gasteiger partial charge in [0.2, 0.25) is 0 Å². The van der Waals surface area contributed by atoms with E-state index in [1.807, 2.05) is 55.5 Å². The van der Waals surface area contributed by atoms with Gasteiger partial charge in [0.15, 0.2) is 0 Å². The number of amides is 2. The lowest BCUT2D eigenvalue weighted by Crippen LogP contribution is -2.26. The number of para-hydroxylation sites is 2. The van der Waals surface area contributed by atoms with E-state index in [9.17, 15) is 9.59 Å². The zero-order chi connectivity index (χ0) is 20.6. The van der Waals surface area contributed by atoms with Gasteiger partial charge in [-0.25, -0.2) is 0 Å². The van der Waals surface area contributed by atoms with Gasteiger partial charge in [-0.05, 0) is 48.9 Å². The van der Waals surface area contributed by atoms with Gasteiger partial charge in [-0.2, -0.15) is 0 Å². The third-order valence-corrected chi connectivity index (χ3v) is 4.44. The molecule has 0 unspecified atom stereocenters. The molecule has 29 heavy (non-hydrogen) atoms. The third kappa shape index (κ3) is 5.23. The number of nitrogens with one attached hydrogen (secondary N) is 1. The van der Waals surface area contributed by atoms with E-state index >= 15 is 0 Å². The van der Waals surface area contributed by atoms with Crippen molar-refractivity contribution in [1.82, 2.24) is 4.90 Å². The molecule has 3 rings (SSSR count). The molecule has 3 aromatic carbocycles. The fourth-order valence-electron chi connectivity index (χ4n) is 2.96. The van der Waals surface area contributed by atoms with Crippen molar-refractivity contribution in [1.29, 1.82) is 0 Å². The Morgan fingerprint density at radius 1 is 0.862 bits per heavy atom. The molecule has 5 nitrogen and oxygen atoms in total. The summed E-state index contributed by atoms with van der Waals surface area (Å²) in [6.45, 7) is 2.93. The van der Waals surface area contributed by atoms with Crippen molar-refractivity contribution in [3.8, 4) is 5.75 Å². The number of anilines is 1. The zero-order valence-corrected chi connectivity index (χ0v) is 16.6. The largest absolute Gasteiger partial charge is 0.492 e. The van der Waals surface area contributed by atoms with Gasteiger partial charge >= 0.3 is 0 Å². The first-order valence-corrected chi connectivity index (χ1v) is 9.51. The van der Waals surface area contributed by atoms with Crippen molar-refractivity contribution in [2.24, 2.45) is 0 Å². The molecule has 0 aliphatic heterocycles. The molecule has 0 heterocycles. The van der Waals surface area contributed by atoms with Gasteiger partial charge < -0.3 is 15.0 Å². The summed E-state index contributed by atoms with van der Waals surface area (Å²) in [6.07, 6.45) is 0. The number of hydrogen-bond acceptors (Lipinski definition) is 3. The first kappa shape index (κ1) is 20.1. The Balaban J connectivity index is 1.66. The van der Waals surface area contributed by atoms with E-state index in [2.05, 4.69) is 5.32 Å². The van der Waals surface area contributed by atoms with Crippen molar-refractivity contribution >= 4 is 17.5 Å². The quantitative estimate of drug-likeness (QED) is 0.643. The van der Waals surface area contributed by atoms with E-state index < -0.39 is 0 Å². The van der Waals surface area contributed by atoms with Crippen LogP contribution < -0.4 is 10.1 Å². The summed E-state index contributed by atoms with van der Waals surface area (Å²) in [4.78, 5) is 26.9. The topological polar surface area (TPSA) is 58.6 Å². The molecule has 0 fully saturated rings. The van der Waals surface area contributed by atoms with Crippen LogP contribution in [0, 0.1) is 0 Å². The average molecular weight is 388 g/mol. The summed E-state index contributed by atoms with van der Waals surface area (Å²) in [5, 5.41) is 2.86. The lowest BCUT2D eigenvalue weighted by atomic mass is 10.1. The molecule has 3 aromatic rings. The highest BCUT2D eigenvalue weighted by molar-refractivity contribution is 6.05. The van der Waals surface area contributed by atoms with E-state index in [1.54, 1.807) is 42.3 Å². The van der Waals surface area contributed by atoms with Gasteiger partial charge in [0, 0.05) is 24.7 Å². The summed E-state index contributed by atoms with van der Waals surface area (Å²) in [6, 6.07) is 23.8. The van der Waals surface area contributed by atoms with Crippen LogP contribution in [0.3, 0.4) is 0 Å². The Kier molecular flexibility index (Phi) is 6.63. The maximum absolute atomic E-state index is 12.6. The first-order valence-electron chi connectivity index (χ1n) is 9.51. The predicted molar refractivity (Wildman–Crippen MR) is 114 cm³/mol. The molecular formula is C24H24N2O3. The van der Waals surface area contributed by atoms with Gasteiger partial charge in [0.25, 0.3) is 11.8 Å². The molecule has 5 heteroatoms. The van der Waals surface area contributed by atoms with Crippen molar-refractivity contribution in [3.05, 3.63) is 95.6 Å². The maximum Gasteiger partial charge on any atom is 0.255 e. The second-order valence-electron chi connectivity index (χ2n) is 6.61. The van der Waals surface area contributed by atoms with E-state index in [1.165, 1.54) is 0 Å². The summed E-state index contributed by atoms with van der Waals surface area (Å²) < 4.78 is 5.53. The van der Waals surface area contributed by atoms with Crippen molar-refractivity contribution < 1.29 is 14.3 Å². The van der Waals surface area contributed by atoms with Gasteiger partial charge in [0.1, 0.15) is 5.75 Å². The molecule has 148 valence electrons. The van der Waals surface area contributed by atoms with E-state index in [0.717, 1.165) is 5.56 Å². The Morgan fingerprint density at radius 3 is 2.17 bits per heavy atom. The number of carbonyl (C=O) groups is 2. The van der Waals surface area contributed by atoms with Crippen LogP contribution in [0.4, 0.5) is 5.69 Å². The summed E-state index contributed by atoms with van der Waals surface area (Å²) in [5.41, 5.74) is 2.68. The molecule has 2 amide bonds. The molecule has 0 radical (unpaired) electrons. The lowest BCUT2D eigenvalue weighted by molar-refractivity contribution is 0.0784. The molecule has 0 bridgehead atoms. The van der Waals surface area contributed by atoms with Crippen LogP contribution in [0.5, 0.6) is 5.75 Å². The third-order valence-electron chi connectivity index (χ3n) is 4.44. The molecule has 0 aromatic heterocycles. The van der Waals surface area contributed by atoms with Crippen LogP contribution in [0.25, 0.3) is 0 Å². The number of nitrogens with zero attached hydrogens (tertiary/aromatic N) is 1. The first-order chi connectivity index (χ1) is 14.1. The number of ether oxygens (including phenoxy) is 1. The Morgan fingerprint density at radius 2 is 1.48 bits per heavy atom. The normalized spacial score (nSPS) is 10.3. The fourth-order valence-corrected chi connectivity index (χ4v) is 2.96. The molecule has 0 saturated heterocycles. The van der Waals surface area contributed by atoms with Crippen LogP contribution in [-0.4, -0.2) is 30.4 Å². The molecule has 1 N–H and O–H groups in total. The Labute approximate surface area is 170 Å². The fraction of sp³-hybridized carbons (Fsp3) is 0.167. The highest BCUT2D eigenvalue weighted by Crippen LogP contribution is 2.24. The molecule has 0 atom stereocenters. The molecule has 0 aliphatic carbocycles. The molecule has 0 saturated carbocycles. The number of hydrogen-bond donors (Lipinski definition) is 1. The predicted octanol–water partition coefficient (Wildman–Crippen LogP) is 4.61. The zero-order valence-electron chi connectivity index (χ0n) is 16.6. The second kappa shape index (κ2) is 9.55. The lowest BCUT2D eigenvalue weighted by Gasteiger charge is -2.17. The minimum Gasteiger partial charge on any atom is -0.492 e. The van der Waals surface area contributed by atoms with Gasteiger partial charge in [-0.15, -0.1) is 0 Å². The second-order valence-corrected chi connectivity index (χ2v) is 6.61. The number of carbonyl (C=O) groups excluding carboxylic acids is 2. The van der Waals surface area contributed by atoms with E-state index in [-0.39, 0.29) is 11.8 Å². The monoisotopic (exact) mass is 388 g/mol. The summed E-state index contributed by atoms with van der Waals surface area (Å²) in [5.74, 6) is 0.272. The minimum absolute atomic E-state index is 0.0949. The Bertz CT molecular complexity index is 969. The van der Waals surface area contributed by atoms with Crippen LogP contribution >= 0.6 is 0 Å². The smallest absolute Gasteiger partial charge is 0.255 e. The maximum atomic E-state index is 12.6. The van der Waals surface area contributed by atoms with Gasteiger partial charge in [-0.1, -0.05) is 42.5 Å². The summed E-state index contributed by atoms with van der Waals surface area (Å²) in [7, 11) is 1.76. The number of rotatable bonds is 7. The SMILES string of the molecule is CCOc1ccccc1NC(=O)c1ccc(C(=O)N(C)Cc2ccccc2)cc1. The molecule has 0 aliphatic rings. The van der Waals surface area contributed by atoms with E-state index in [0.29, 0.717) is 35.7 Å². The van der Waals surface area contributed by atoms with Crippen LogP contribution in [-0.2, 0) is 6.54 Å². The van der Waals surface area contributed by atoms with Crippen LogP contribution in [0.2, 0.25) is 0 Å². The molecular weight excluding hydrogens is 364 g/mol. The molecule has 0 spiro atoms. The van der Waals surface area contributed by atoms with Crippen molar-refractivity contribution in [3.63, 3.8) is 0 Å². The van der Waals surface area contributed by atoms with Crippen molar-refractivity contribution in [2.75, 3.05) is 19.0 Å². The van der Waals surface area contributed by atoms with Gasteiger partial charge in [0.05, 0.1) is 12.3 Å². The summed E-state index contributed by atoms with van der Waals surface area (Å²) >= 11 is 0. The van der Waals surface area contributed by atoms with E-state index in [4.69, 9.17) is 4.74 Å². The van der Waals surface area contributed by atoms with Crippen LogP contribution in [0.15, 0.2) is 78.9 Å². The number of benzene rings is 3.